The Balaban J connectivity index is 4.27. The summed E-state index contributed by atoms with van der Waals surface area (Å²) in [7, 11) is 0. The van der Waals surface area contributed by atoms with Crippen molar-refractivity contribution in [3.05, 3.63) is 24.3 Å². The summed E-state index contributed by atoms with van der Waals surface area (Å²) in [4.78, 5) is 38.5. The van der Waals surface area contributed by atoms with E-state index < -0.39 is 6.10 Å². The Labute approximate surface area is 493 Å². The fourth-order valence-corrected chi connectivity index (χ4v) is 11.1. The lowest BCUT2D eigenvalue weighted by Crippen LogP contribution is -2.30. The number of ether oxygens (including phenoxy) is 3. The second kappa shape index (κ2) is 68.4. The summed E-state index contributed by atoms with van der Waals surface area (Å²) in [5.74, 6) is -0.840. The van der Waals surface area contributed by atoms with Gasteiger partial charge in [-0.2, -0.15) is 0 Å². The van der Waals surface area contributed by atoms with Crippen molar-refractivity contribution in [2.24, 2.45) is 0 Å². The van der Waals surface area contributed by atoms with E-state index in [2.05, 4.69) is 45.1 Å². The molecule has 0 spiro atoms. The molecular weight excluding hydrogens is 973 g/mol. The van der Waals surface area contributed by atoms with Crippen molar-refractivity contribution < 1.29 is 28.6 Å². The minimum Gasteiger partial charge on any atom is -0.462 e. The molecule has 0 amide bonds. The van der Waals surface area contributed by atoms with Crippen LogP contribution in [0.3, 0.4) is 0 Å². The molecule has 0 fully saturated rings. The lowest BCUT2D eigenvalue weighted by molar-refractivity contribution is -0.167. The molecule has 0 saturated heterocycles. The molecule has 0 aliphatic heterocycles. The molecule has 1 unspecified atom stereocenters. The number of hydrogen-bond acceptors (Lipinski definition) is 6. The van der Waals surface area contributed by atoms with Gasteiger partial charge in [-0.15, -0.1) is 0 Å². The fraction of sp³-hybridized carbons (Fsp3) is 0.904. The van der Waals surface area contributed by atoms with Crippen LogP contribution in [-0.4, -0.2) is 37.2 Å². The van der Waals surface area contributed by atoms with Crippen LogP contribution < -0.4 is 0 Å². The molecule has 0 heterocycles. The first-order valence-corrected chi connectivity index (χ1v) is 35.8. The maximum absolute atomic E-state index is 13.0. The van der Waals surface area contributed by atoms with Crippen LogP contribution in [0.25, 0.3) is 0 Å². The molecule has 0 aliphatic rings. The number of unbranched alkanes of at least 4 members (excludes halogenated alkanes) is 52. The van der Waals surface area contributed by atoms with Crippen molar-refractivity contribution in [1.82, 2.24) is 0 Å². The minimum atomic E-state index is -0.772. The van der Waals surface area contributed by atoms with E-state index in [-0.39, 0.29) is 31.1 Å². The molecule has 466 valence electrons. The fourth-order valence-electron chi connectivity index (χ4n) is 11.1. The quantitative estimate of drug-likeness (QED) is 0.0261. The van der Waals surface area contributed by atoms with E-state index in [1.54, 1.807) is 0 Å². The van der Waals surface area contributed by atoms with E-state index in [0.717, 1.165) is 70.6 Å². The van der Waals surface area contributed by atoms with Crippen LogP contribution in [0.5, 0.6) is 0 Å². The molecule has 0 radical (unpaired) electrons. The lowest BCUT2D eigenvalue weighted by Gasteiger charge is -2.18. The summed E-state index contributed by atoms with van der Waals surface area (Å²) in [6, 6.07) is 0. The Morgan fingerprint density at radius 1 is 0.253 bits per heavy atom. The Morgan fingerprint density at radius 2 is 0.456 bits per heavy atom. The predicted molar refractivity (Wildman–Crippen MR) is 344 cm³/mol. The van der Waals surface area contributed by atoms with Crippen LogP contribution >= 0.6 is 0 Å². The number of allylic oxidation sites excluding steroid dienone is 4. The van der Waals surface area contributed by atoms with Crippen molar-refractivity contribution in [2.75, 3.05) is 13.2 Å². The summed E-state index contributed by atoms with van der Waals surface area (Å²) >= 11 is 0. The molecule has 0 bridgehead atoms. The molecule has 1 atom stereocenters. The van der Waals surface area contributed by atoms with E-state index in [1.807, 2.05) is 0 Å². The van der Waals surface area contributed by atoms with Crippen molar-refractivity contribution in [3.8, 4) is 0 Å². The van der Waals surface area contributed by atoms with Gasteiger partial charge in [0.2, 0.25) is 0 Å². The van der Waals surface area contributed by atoms with Gasteiger partial charge in [0, 0.05) is 19.3 Å². The standard InChI is InChI=1S/C73H138O6/c1-4-7-10-13-16-19-22-25-28-31-33-35-36-37-38-40-42-45-48-51-54-57-60-63-66-72(75)78-69-70(68-77-71(74)65-62-59-56-53-50-47-44-41-30-27-24-21-18-15-12-9-6-3)79-73(76)67-64-61-58-55-52-49-46-43-39-34-32-29-26-23-20-17-14-11-8-5-2/h18,21,27,30,70H,4-17,19-20,22-26,28-29,31-69H2,1-3H3/b21-18-,30-27-. The molecule has 6 heteroatoms. The first kappa shape index (κ1) is 76.9. The largest absolute Gasteiger partial charge is 0.462 e. The van der Waals surface area contributed by atoms with E-state index in [9.17, 15) is 14.4 Å². The third-order valence-corrected chi connectivity index (χ3v) is 16.5. The van der Waals surface area contributed by atoms with Gasteiger partial charge < -0.3 is 14.2 Å². The molecule has 79 heavy (non-hydrogen) atoms. The molecule has 0 aliphatic carbocycles. The van der Waals surface area contributed by atoms with E-state index in [1.165, 1.54) is 295 Å². The Kier molecular flexibility index (Phi) is 66.6. The van der Waals surface area contributed by atoms with Crippen molar-refractivity contribution in [3.63, 3.8) is 0 Å². The van der Waals surface area contributed by atoms with Gasteiger partial charge in [-0.05, 0) is 51.4 Å². The van der Waals surface area contributed by atoms with E-state index in [4.69, 9.17) is 14.2 Å². The summed E-state index contributed by atoms with van der Waals surface area (Å²) in [6.07, 6.45) is 83.5. The third kappa shape index (κ3) is 66.6. The molecule has 0 N–H and O–H groups in total. The lowest BCUT2D eigenvalue weighted by atomic mass is 10.0. The van der Waals surface area contributed by atoms with Gasteiger partial charge in [-0.3, -0.25) is 14.4 Å². The summed E-state index contributed by atoms with van der Waals surface area (Å²) < 4.78 is 17.0. The van der Waals surface area contributed by atoms with Crippen LogP contribution in [0, 0.1) is 0 Å². The van der Waals surface area contributed by atoms with Crippen LogP contribution in [-0.2, 0) is 28.6 Å². The Morgan fingerprint density at radius 3 is 0.722 bits per heavy atom. The normalized spacial score (nSPS) is 12.1. The number of carbonyl (C=O) groups excluding carboxylic acids is 3. The zero-order valence-corrected chi connectivity index (χ0v) is 53.7. The van der Waals surface area contributed by atoms with Crippen molar-refractivity contribution >= 4 is 17.9 Å². The molecule has 0 rings (SSSR count). The maximum atomic E-state index is 13.0. The topological polar surface area (TPSA) is 78.9 Å². The van der Waals surface area contributed by atoms with Gasteiger partial charge >= 0.3 is 17.9 Å². The summed E-state index contributed by atoms with van der Waals surface area (Å²) in [5, 5.41) is 0. The predicted octanol–water partition coefficient (Wildman–Crippen LogP) is 24.6. The van der Waals surface area contributed by atoms with Gasteiger partial charge in [0.05, 0.1) is 0 Å². The van der Waals surface area contributed by atoms with Gasteiger partial charge in [0.25, 0.3) is 0 Å². The number of rotatable bonds is 67. The van der Waals surface area contributed by atoms with Gasteiger partial charge in [-0.25, -0.2) is 0 Å². The van der Waals surface area contributed by atoms with Crippen molar-refractivity contribution in [1.29, 1.82) is 0 Å². The number of esters is 3. The highest BCUT2D eigenvalue weighted by molar-refractivity contribution is 5.71. The smallest absolute Gasteiger partial charge is 0.306 e. The molecule has 0 aromatic carbocycles. The minimum absolute atomic E-state index is 0.0670. The molecule has 0 aromatic heterocycles. The number of hydrogen-bond donors (Lipinski definition) is 0. The second-order valence-electron chi connectivity index (χ2n) is 24.5. The third-order valence-electron chi connectivity index (χ3n) is 16.5. The average molecular weight is 1110 g/mol. The van der Waals surface area contributed by atoms with Crippen LogP contribution in [0.2, 0.25) is 0 Å². The van der Waals surface area contributed by atoms with Crippen molar-refractivity contribution in [2.45, 2.75) is 412 Å². The summed E-state index contributed by atoms with van der Waals surface area (Å²) in [5.41, 5.74) is 0. The Hall–Kier alpha value is -2.11. The van der Waals surface area contributed by atoms with Gasteiger partial charge in [0.15, 0.2) is 6.10 Å². The molecule has 0 saturated carbocycles. The monoisotopic (exact) mass is 1110 g/mol. The van der Waals surface area contributed by atoms with Crippen LogP contribution in [0.1, 0.15) is 406 Å². The maximum Gasteiger partial charge on any atom is 0.306 e. The Bertz CT molecular complexity index is 1270. The zero-order valence-electron chi connectivity index (χ0n) is 53.7. The highest BCUT2D eigenvalue weighted by Gasteiger charge is 2.19. The van der Waals surface area contributed by atoms with E-state index >= 15 is 0 Å². The molecular formula is C73H138O6. The van der Waals surface area contributed by atoms with Crippen LogP contribution in [0.4, 0.5) is 0 Å². The van der Waals surface area contributed by atoms with Gasteiger partial charge in [0.1, 0.15) is 13.2 Å². The highest BCUT2D eigenvalue weighted by atomic mass is 16.6. The first-order valence-electron chi connectivity index (χ1n) is 35.8. The number of carbonyl (C=O) groups is 3. The molecule has 0 aromatic rings. The zero-order chi connectivity index (χ0) is 57.1. The average Bonchev–Trinajstić information content (AvgIpc) is 3.45. The van der Waals surface area contributed by atoms with Crippen LogP contribution in [0.15, 0.2) is 24.3 Å². The summed E-state index contributed by atoms with van der Waals surface area (Å²) in [6.45, 7) is 6.70. The SMILES string of the molecule is CCCCC/C=C\C/C=C\CCCCCCCCCC(=O)OCC(COC(=O)CCCCCCCCCCCCCCCCCCCCCCCCCC)OC(=O)CCCCCCCCCCCCCCCCCCCCCC. The van der Waals surface area contributed by atoms with E-state index in [0.29, 0.717) is 19.3 Å². The molecule has 6 nitrogen and oxygen atoms in total. The second-order valence-corrected chi connectivity index (χ2v) is 24.5. The first-order chi connectivity index (χ1) is 39.0. The highest BCUT2D eigenvalue weighted by Crippen LogP contribution is 2.19. The van der Waals surface area contributed by atoms with Gasteiger partial charge in [-0.1, -0.05) is 360 Å².